The quantitative estimate of drug-likeness (QED) is 0.930. The summed E-state index contributed by atoms with van der Waals surface area (Å²) < 4.78 is 11.1. The molecule has 0 saturated carbocycles. The molecule has 0 radical (unpaired) electrons. The molecule has 2 heterocycles. The third kappa shape index (κ3) is 3.28. The number of fused-ring (bicyclic) bond motifs is 1. The molecule has 0 aliphatic carbocycles. The summed E-state index contributed by atoms with van der Waals surface area (Å²) in [7, 11) is 0. The predicted molar refractivity (Wildman–Crippen MR) is 88.0 cm³/mol. The van der Waals surface area contributed by atoms with E-state index in [1.165, 1.54) is 0 Å². The minimum atomic E-state index is -0.916. The summed E-state index contributed by atoms with van der Waals surface area (Å²) in [6.07, 6.45) is 1.36. The van der Waals surface area contributed by atoms with Crippen LogP contribution in [0.1, 0.15) is 23.1 Å². The molecule has 24 heavy (non-hydrogen) atoms. The number of morpholine rings is 1. The van der Waals surface area contributed by atoms with Gasteiger partial charge in [0.05, 0.1) is 31.8 Å². The average molecular weight is 331 g/mol. The highest BCUT2D eigenvalue weighted by Gasteiger charge is 2.26. The van der Waals surface area contributed by atoms with Crippen molar-refractivity contribution in [3.05, 3.63) is 35.1 Å². The maximum Gasteiger partial charge on any atom is 0.306 e. The topological polar surface area (TPSA) is 80.0 Å². The van der Waals surface area contributed by atoms with Gasteiger partial charge in [0.25, 0.3) is 0 Å². The number of amides is 1. The fourth-order valence-corrected chi connectivity index (χ4v) is 3.06. The lowest BCUT2D eigenvalue weighted by Gasteiger charge is -2.32. The van der Waals surface area contributed by atoms with Crippen molar-refractivity contribution in [3.8, 4) is 0 Å². The predicted octanol–water partition coefficient (Wildman–Crippen LogP) is 2.29. The van der Waals surface area contributed by atoms with Crippen LogP contribution in [0.2, 0.25) is 0 Å². The number of aryl methyl sites for hydroxylation is 2. The number of nitrogens with zero attached hydrogens (tertiary/aromatic N) is 1. The number of carbonyl (C=O) groups is 2. The Kier molecular flexibility index (Phi) is 4.57. The molecule has 1 saturated heterocycles. The molecule has 1 aromatic heterocycles. The van der Waals surface area contributed by atoms with Gasteiger partial charge in [-0.2, -0.15) is 0 Å². The zero-order valence-electron chi connectivity index (χ0n) is 13.9. The molecular weight excluding hydrogens is 310 g/mol. The third-order valence-corrected chi connectivity index (χ3v) is 4.58. The smallest absolute Gasteiger partial charge is 0.306 e. The number of hydrogen-bond acceptors (Lipinski definition) is 4. The SMILES string of the molecule is Cc1ccc2c(CC(=O)N3CCO[C@@H](CC(=O)O)C3)coc2c1C. The molecule has 1 aliphatic heterocycles. The Morgan fingerprint density at radius 1 is 1.33 bits per heavy atom. The van der Waals surface area contributed by atoms with Crippen molar-refractivity contribution >= 4 is 22.8 Å². The van der Waals surface area contributed by atoms with Crippen LogP contribution in [-0.2, 0) is 20.7 Å². The molecular formula is C18H21NO5. The summed E-state index contributed by atoms with van der Waals surface area (Å²) in [5.74, 6) is -0.949. The van der Waals surface area contributed by atoms with Crippen LogP contribution in [0.25, 0.3) is 11.0 Å². The van der Waals surface area contributed by atoms with Crippen molar-refractivity contribution in [1.82, 2.24) is 4.90 Å². The van der Waals surface area contributed by atoms with Crippen molar-refractivity contribution in [2.24, 2.45) is 0 Å². The summed E-state index contributed by atoms with van der Waals surface area (Å²) in [5, 5.41) is 9.83. The van der Waals surface area contributed by atoms with E-state index in [0.29, 0.717) is 19.7 Å². The Morgan fingerprint density at radius 2 is 2.12 bits per heavy atom. The highest BCUT2D eigenvalue weighted by molar-refractivity contribution is 5.89. The van der Waals surface area contributed by atoms with E-state index in [9.17, 15) is 9.59 Å². The number of carboxylic acid groups (broad SMARTS) is 1. The maximum absolute atomic E-state index is 12.6. The van der Waals surface area contributed by atoms with E-state index in [0.717, 1.165) is 27.7 Å². The van der Waals surface area contributed by atoms with E-state index in [-0.39, 0.29) is 18.7 Å². The normalized spacial score (nSPS) is 18.1. The van der Waals surface area contributed by atoms with Crippen molar-refractivity contribution in [2.45, 2.75) is 32.8 Å². The Balaban J connectivity index is 1.73. The van der Waals surface area contributed by atoms with E-state index in [4.69, 9.17) is 14.3 Å². The Morgan fingerprint density at radius 3 is 2.88 bits per heavy atom. The van der Waals surface area contributed by atoms with Crippen LogP contribution in [0.5, 0.6) is 0 Å². The van der Waals surface area contributed by atoms with Crippen molar-refractivity contribution in [3.63, 3.8) is 0 Å². The number of aliphatic carboxylic acids is 1. The van der Waals surface area contributed by atoms with E-state index < -0.39 is 12.1 Å². The van der Waals surface area contributed by atoms with Crippen LogP contribution >= 0.6 is 0 Å². The second-order valence-corrected chi connectivity index (χ2v) is 6.25. The van der Waals surface area contributed by atoms with Crippen molar-refractivity contribution < 1.29 is 23.8 Å². The number of carboxylic acids is 1. The van der Waals surface area contributed by atoms with Gasteiger partial charge in [-0.1, -0.05) is 12.1 Å². The summed E-state index contributed by atoms with van der Waals surface area (Å²) in [6.45, 7) is 5.21. The first kappa shape index (κ1) is 16.5. The van der Waals surface area contributed by atoms with Crippen LogP contribution < -0.4 is 0 Å². The first-order valence-corrected chi connectivity index (χ1v) is 8.03. The Hall–Kier alpha value is -2.34. The molecule has 6 heteroatoms. The maximum atomic E-state index is 12.6. The molecule has 1 amide bonds. The van der Waals surface area contributed by atoms with Gasteiger partial charge in [0, 0.05) is 24.0 Å². The van der Waals surface area contributed by atoms with E-state index in [1.54, 1.807) is 11.2 Å². The lowest BCUT2D eigenvalue weighted by atomic mass is 10.0. The summed E-state index contributed by atoms with van der Waals surface area (Å²) >= 11 is 0. The summed E-state index contributed by atoms with van der Waals surface area (Å²) in [4.78, 5) is 25.1. The van der Waals surface area contributed by atoms with Crippen LogP contribution in [0.3, 0.4) is 0 Å². The molecule has 1 aliphatic rings. The number of ether oxygens (including phenoxy) is 1. The van der Waals surface area contributed by atoms with Crippen molar-refractivity contribution in [2.75, 3.05) is 19.7 Å². The third-order valence-electron chi connectivity index (χ3n) is 4.58. The molecule has 0 spiro atoms. The van der Waals surface area contributed by atoms with Gasteiger partial charge >= 0.3 is 5.97 Å². The number of hydrogen-bond donors (Lipinski definition) is 1. The molecule has 6 nitrogen and oxygen atoms in total. The van der Waals surface area contributed by atoms with Gasteiger partial charge in [0.15, 0.2) is 0 Å². The molecule has 0 bridgehead atoms. The van der Waals surface area contributed by atoms with Gasteiger partial charge in [-0.15, -0.1) is 0 Å². The minimum absolute atomic E-state index is 0.0328. The summed E-state index contributed by atoms with van der Waals surface area (Å²) in [5.41, 5.74) is 3.92. The Bertz CT molecular complexity index is 779. The summed E-state index contributed by atoms with van der Waals surface area (Å²) in [6, 6.07) is 4.01. The monoisotopic (exact) mass is 331 g/mol. The first-order valence-electron chi connectivity index (χ1n) is 8.03. The molecule has 3 rings (SSSR count). The molecule has 0 unspecified atom stereocenters. The standard InChI is InChI=1S/C18H21NO5/c1-11-3-4-15-13(10-24-18(15)12(11)2)7-16(20)19-5-6-23-14(9-19)8-17(21)22/h3-4,10,14H,5-9H2,1-2H3,(H,21,22)/t14-/m0/s1. The number of carbonyl (C=O) groups excluding carboxylic acids is 1. The van der Waals surface area contributed by atoms with Crippen LogP contribution in [-0.4, -0.2) is 47.7 Å². The lowest BCUT2D eigenvalue weighted by molar-refractivity contribution is -0.147. The Labute approximate surface area is 140 Å². The second kappa shape index (κ2) is 6.65. The van der Waals surface area contributed by atoms with E-state index >= 15 is 0 Å². The van der Waals surface area contributed by atoms with E-state index in [2.05, 4.69) is 0 Å². The van der Waals surface area contributed by atoms with Gasteiger partial charge in [0.1, 0.15) is 5.58 Å². The fourth-order valence-electron chi connectivity index (χ4n) is 3.06. The molecule has 1 fully saturated rings. The lowest BCUT2D eigenvalue weighted by Crippen LogP contribution is -2.46. The number of benzene rings is 1. The number of furan rings is 1. The first-order chi connectivity index (χ1) is 11.5. The molecule has 1 aromatic carbocycles. The minimum Gasteiger partial charge on any atom is -0.481 e. The molecule has 1 atom stereocenters. The highest BCUT2D eigenvalue weighted by Crippen LogP contribution is 2.27. The van der Waals surface area contributed by atoms with Gasteiger partial charge < -0.3 is 19.2 Å². The zero-order chi connectivity index (χ0) is 17.3. The average Bonchev–Trinajstić information content (AvgIpc) is 2.94. The van der Waals surface area contributed by atoms with Crippen LogP contribution in [0.15, 0.2) is 22.8 Å². The van der Waals surface area contributed by atoms with Crippen LogP contribution in [0.4, 0.5) is 0 Å². The van der Waals surface area contributed by atoms with Crippen molar-refractivity contribution in [1.29, 1.82) is 0 Å². The van der Waals surface area contributed by atoms with Gasteiger partial charge in [0.2, 0.25) is 5.91 Å². The highest BCUT2D eigenvalue weighted by atomic mass is 16.5. The molecule has 1 N–H and O–H groups in total. The molecule has 2 aromatic rings. The second-order valence-electron chi connectivity index (χ2n) is 6.25. The van der Waals surface area contributed by atoms with E-state index in [1.807, 2.05) is 26.0 Å². The molecule has 128 valence electrons. The zero-order valence-corrected chi connectivity index (χ0v) is 13.9. The number of rotatable bonds is 4. The fraction of sp³-hybridized carbons (Fsp3) is 0.444. The van der Waals surface area contributed by atoms with Gasteiger partial charge in [-0.3, -0.25) is 9.59 Å². The van der Waals surface area contributed by atoms with Gasteiger partial charge in [-0.25, -0.2) is 0 Å². The largest absolute Gasteiger partial charge is 0.481 e. The van der Waals surface area contributed by atoms with Crippen LogP contribution in [0, 0.1) is 13.8 Å². The van der Waals surface area contributed by atoms with Gasteiger partial charge in [-0.05, 0) is 25.0 Å².